The molecule has 3 heterocycles. The number of nitrogens with zero attached hydrogens (tertiary/aromatic N) is 4. The lowest BCUT2D eigenvalue weighted by molar-refractivity contribution is 0.572. The first-order chi connectivity index (χ1) is 15.6. The Morgan fingerprint density at radius 1 is 1.03 bits per heavy atom. The van der Waals surface area contributed by atoms with Crippen molar-refractivity contribution in [3.63, 3.8) is 0 Å². The number of fused-ring (bicyclic) bond motifs is 1. The van der Waals surface area contributed by atoms with Crippen LogP contribution in [0.1, 0.15) is 30.9 Å². The summed E-state index contributed by atoms with van der Waals surface area (Å²) in [4.78, 5) is 9.17. The van der Waals surface area contributed by atoms with Gasteiger partial charge in [0.05, 0.1) is 24.0 Å². The molecule has 0 saturated carbocycles. The number of pyridine rings is 1. The molecule has 0 aliphatic carbocycles. The van der Waals surface area contributed by atoms with E-state index in [4.69, 9.17) is 11.6 Å². The molecule has 32 heavy (non-hydrogen) atoms. The molecule has 2 aromatic heterocycles. The van der Waals surface area contributed by atoms with Crippen LogP contribution in [0.4, 0.5) is 4.39 Å². The van der Waals surface area contributed by atoms with Crippen molar-refractivity contribution in [2.24, 2.45) is 4.99 Å². The zero-order chi connectivity index (χ0) is 22.1. The fourth-order valence-electron chi connectivity index (χ4n) is 3.99. The molecular formula is C26H22ClFN4. The number of aryl methyl sites for hydroxylation is 1. The second-order valence-electron chi connectivity index (χ2n) is 7.91. The van der Waals surface area contributed by atoms with E-state index >= 15 is 0 Å². The van der Waals surface area contributed by atoms with Gasteiger partial charge in [0.25, 0.3) is 0 Å². The number of unbranched alkanes of at least 4 members (excludes halogenated alkanes) is 1. The summed E-state index contributed by atoms with van der Waals surface area (Å²) in [6, 6.07) is 12.8. The van der Waals surface area contributed by atoms with Gasteiger partial charge in [0, 0.05) is 51.6 Å². The Balaban J connectivity index is 1.50. The SMILES string of the molecule is CCCCn1cc(-c2cnc3ccc(C4=CCN=C4c4cc(Cl)ccc4F)cc3c2)cn1. The van der Waals surface area contributed by atoms with Crippen molar-refractivity contribution in [2.45, 2.75) is 26.3 Å². The normalized spacial score (nSPS) is 13.5. The van der Waals surface area contributed by atoms with Crippen LogP contribution in [0.15, 0.2) is 72.1 Å². The molecule has 4 aromatic rings. The van der Waals surface area contributed by atoms with E-state index < -0.39 is 0 Å². The zero-order valence-corrected chi connectivity index (χ0v) is 18.5. The molecule has 0 atom stereocenters. The van der Waals surface area contributed by atoms with Gasteiger partial charge in [0.2, 0.25) is 0 Å². The van der Waals surface area contributed by atoms with Gasteiger partial charge in [-0.15, -0.1) is 0 Å². The number of rotatable bonds is 6. The van der Waals surface area contributed by atoms with Crippen LogP contribution in [0.25, 0.3) is 27.6 Å². The minimum atomic E-state index is -0.328. The number of allylic oxidation sites excluding steroid dienone is 1. The number of benzene rings is 2. The average molecular weight is 445 g/mol. The van der Waals surface area contributed by atoms with Gasteiger partial charge in [-0.05, 0) is 48.4 Å². The monoisotopic (exact) mass is 444 g/mol. The minimum absolute atomic E-state index is 0.328. The molecule has 0 bridgehead atoms. The highest BCUT2D eigenvalue weighted by Gasteiger charge is 2.20. The third kappa shape index (κ3) is 3.96. The second kappa shape index (κ2) is 8.67. The molecule has 4 nitrogen and oxygen atoms in total. The largest absolute Gasteiger partial charge is 0.280 e. The molecule has 0 unspecified atom stereocenters. The summed E-state index contributed by atoms with van der Waals surface area (Å²) in [5.41, 5.74) is 5.91. The first-order valence-corrected chi connectivity index (χ1v) is 11.1. The van der Waals surface area contributed by atoms with Crippen LogP contribution in [0.3, 0.4) is 0 Å². The van der Waals surface area contributed by atoms with Gasteiger partial charge in [0.15, 0.2) is 0 Å². The van der Waals surface area contributed by atoms with Crippen LogP contribution in [0, 0.1) is 5.82 Å². The molecule has 0 fully saturated rings. The van der Waals surface area contributed by atoms with Gasteiger partial charge in [0.1, 0.15) is 5.82 Å². The van der Waals surface area contributed by atoms with Crippen molar-refractivity contribution in [1.29, 1.82) is 0 Å². The first kappa shape index (κ1) is 20.6. The smallest absolute Gasteiger partial charge is 0.132 e. The van der Waals surface area contributed by atoms with Gasteiger partial charge in [-0.25, -0.2) is 4.39 Å². The molecule has 0 amide bonds. The average Bonchev–Trinajstić information content (AvgIpc) is 3.48. The highest BCUT2D eigenvalue weighted by Crippen LogP contribution is 2.30. The maximum absolute atomic E-state index is 14.5. The zero-order valence-electron chi connectivity index (χ0n) is 17.7. The standard InChI is InChI=1S/C26H22ClFN4/c1-2-3-10-32-16-20(15-31-32)19-12-18-11-17(4-7-25(18)30-14-19)22-8-9-29-26(22)23-13-21(27)5-6-24(23)28/h4-8,11-16H,2-3,9-10H2,1H3. The van der Waals surface area contributed by atoms with E-state index in [2.05, 4.69) is 40.3 Å². The van der Waals surface area contributed by atoms with Crippen molar-refractivity contribution in [1.82, 2.24) is 14.8 Å². The van der Waals surface area contributed by atoms with E-state index in [-0.39, 0.29) is 5.82 Å². The number of hydrogen-bond donors (Lipinski definition) is 0. The van der Waals surface area contributed by atoms with Crippen LogP contribution in [0.2, 0.25) is 5.02 Å². The Bertz CT molecular complexity index is 1370. The van der Waals surface area contributed by atoms with E-state index in [1.165, 1.54) is 6.07 Å². The Hall–Kier alpha value is -3.31. The van der Waals surface area contributed by atoms with Gasteiger partial charge < -0.3 is 0 Å². The highest BCUT2D eigenvalue weighted by atomic mass is 35.5. The molecule has 2 aromatic carbocycles. The van der Waals surface area contributed by atoms with Crippen molar-refractivity contribution in [3.05, 3.63) is 89.1 Å². The Morgan fingerprint density at radius 3 is 2.78 bits per heavy atom. The predicted octanol–water partition coefficient (Wildman–Crippen LogP) is 6.58. The maximum atomic E-state index is 14.5. The van der Waals surface area contributed by atoms with Crippen LogP contribution in [-0.2, 0) is 6.54 Å². The van der Waals surface area contributed by atoms with Crippen LogP contribution < -0.4 is 0 Å². The first-order valence-electron chi connectivity index (χ1n) is 10.8. The lowest BCUT2D eigenvalue weighted by Crippen LogP contribution is -2.04. The maximum Gasteiger partial charge on any atom is 0.132 e. The van der Waals surface area contributed by atoms with Crippen LogP contribution in [0.5, 0.6) is 0 Å². The summed E-state index contributed by atoms with van der Waals surface area (Å²) in [5.74, 6) is -0.328. The van der Waals surface area contributed by atoms with Gasteiger partial charge in [-0.2, -0.15) is 5.10 Å². The fourth-order valence-corrected chi connectivity index (χ4v) is 4.16. The predicted molar refractivity (Wildman–Crippen MR) is 129 cm³/mol. The third-order valence-electron chi connectivity index (χ3n) is 5.68. The van der Waals surface area contributed by atoms with E-state index in [0.29, 0.717) is 22.8 Å². The Kier molecular flexibility index (Phi) is 5.58. The van der Waals surface area contributed by atoms with Crippen molar-refractivity contribution in [3.8, 4) is 11.1 Å². The van der Waals surface area contributed by atoms with Crippen LogP contribution >= 0.6 is 11.6 Å². The van der Waals surface area contributed by atoms with E-state index in [9.17, 15) is 4.39 Å². The molecular weight excluding hydrogens is 423 g/mol. The van der Waals surface area contributed by atoms with Crippen molar-refractivity contribution < 1.29 is 4.39 Å². The third-order valence-corrected chi connectivity index (χ3v) is 5.92. The number of aromatic nitrogens is 3. The van der Waals surface area contributed by atoms with Crippen LogP contribution in [-0.4, -0.2) is 27.0 Å². The van der Waals surface area contributed by atoms with E-state index in [1.54, 1.807) is 12.1 Å². The Labute approximate surface area is 191 Å². The summed E-state index contributed by atoms with van der Waals surface area (Å²) in [6.07, 6.45) is 10.1. The second-order valence-corrected chi connectivity index (χ2v) is 8.34. The summed E-state index contributed by atoms with van der Waals surface area (Å²) in [6.45, 7) is 3.60. The summed E-state index contributed by atoms with van der Waals surface area (Å²) < 4.78 is 16.5. The highest BCUT2D eigenvalue weighted by molar-refractivity contribution is 6.35. The lowest BCUT2D eigenvalue weighted by Gasteiger charge is -2.11. The summed E-state index contributed by atoms with van der Waals surface area (Å²) in [7, 11) is 0. The topological polar surface area (TPSA) is 43.1 Å². The molecule has 1 aliphatic rings. The van der Waals surface area contributed by atoms with Gasteiger partial charge >= 0.3 is 0 Å². The van der Waals surface area contributed by atoms with E-state index in [0.717, 1.165) is 52.6 Å². The summed E-state index contributed by atoms with van der Waals surface area (Å²) >= 11 is 6.12. The molecule has 0 N–H and O–H groups in total. The van der Waals surface area contributed by atoms with Crippen molar-refractivity contribution in [2.75, 3.05) is 6.54 Å². The molecule has 0 spiro atoms. The fraction of sp³-hybridized carbons (Fsp3) is 0.192. The van der Waals surface area contributed by atoms with Gasteiger partial charge in [-0.1, -0.05) is 37.1 Å². The molecule has 6 heteroatoms. The number of halogens is 2. The minimum Gasteiger partial charge on any atom is -0.280 e. The number of aliphatic imine (C=N–C) groups is 1. The molecule has 160 valence electrons. The molecule has 0 radical (unpaired) electrons. The molecule has 0 saturated heterocycles. The molecule has 1 aliphatic heterocycles. The van der Waals surface area contributed by atoms with Crippen molar-refractivity contribution >= 4 is 33.8 Å². The van der Waals surface area contributed by atoms with E-state index in [1.807, 2.05) is 35.3 Å². The Morgan fingerprint density at radius 2 is 1.91 bits per heavy atom. The molecule has 5 rings (SSSR count). The quantitative estimate of drug-likeness (QED) is 0.337. The van der Waals surface area contributed by atoms with Gasteiger partial charge in [-0.3, -0.25) is 14.7 Å². The lowest BCUT2D eigenvalue weighted by atomic mass is 9.95. The number of hydrogen-bond acceptors (Lipinski definition) is 3. The summed E-state index contributed by atoms with van der Waals surface area (Å²) in [5, 5.41) is 5.97.